The van der Waals surface area contributed by atoms with Crippen molar-refractivity contribution in [2.24, 2.45) is 0 Å². The predicted molar refractivity (Wildman–Crippen MR) is 70.9 cm³/mol. The average molecular weight is 285 g/mol. The van der Waals surface area contributed by atoms with Gasteiger partial charge < -0.3 is 16.2 Å². The second kappa shape index (κ2) is 5.04. The van der Waals surface area contributed by atoms with Crippen molar-refractivity contribution in [2.75, 3.05) is 22.6 Å². The van der Waals surface area contributed by atoms with E-state index < -0.39 is 15.8 Å². The molecule has 0 unspecified atom stereocenters. The van der Waals surface area contributed by atoms with Crippen molar-refractivity contribution in [3.05, 3.63) is 17.8 Å². The van der Waals surface area contributed by atoms with Gasteiger partial charge in [0.2, 0.25) is 0 Å². The van der Waals surface area contributed by atoms with Crippen LogP contribution < -0.4 is 11.1 Å². The number of nitrogens with one attached hydrogen (secondary N) is 1. The molecule has 104 valence electrons. The van der Waals surface area contributed by atoms with Crippen LogP contribution in [-0.2, 0) is 9.84 Å². The molecule has 0 atom stereocenters. The van der Waals surface area contributed by atoms with Crippen LogP contribution in [0.15, 0.2) is 12.3 Å². The molecule has 4 N–H and O–H groups in total. The van der Waals surface area contributed by atoms with Crippen LogP contribution >= 0.6 is 0 Å². The third-order valence-electron chi connectivity index (χ3n) is 3.07. The summed E-state index contributed by atoms with van der Waals surface area (Å²) >= 11 is 0. The highest BCUT2D eigenvalue weighted by Gasteiger charge is 2.23. The Morgan fingerprint density at radius 1 is 1.42 bits per heavy atom. The van der Waals surface area contributed by atoms with E-state index in [1.807, 2.05) is 0 Å². The first-order chi connectivity index (χ1) is 8.87. The van der Waals surface area contributed by atoms with Gasteiger partial charge in [0.05, 0.1) is 29.0 Å². The molecule has 1 saturated heterocycles. The summed E-state index contributed by atoms with van der Waals surface area (Å²) in [7, 11) is -2.91. The van der Waals surface area contributed by atoms with Crippen molar-refractivity contribution in [1.82, 2.24) is 4.98 Å². The number of carboxylic acid groups (broad SMARTS) is 1. The highest BCUT2D eigenvalue weighted by molar-refractivity contribution is 7.91. The van der Waals surface area contributed by atoms with Crippen molar-refractivity contribution in [2.45, 2.75) is 18.9 Å². The van der Waals surface area contributed by atoms with Gasteiger partial charge in [-0.1, -0.05) is 0 Å². The molecule has 0 spiro atoms. The van der Waals surface area contributed by atoms with Gasteiger partial charge in [0, 0.05) is 6.04 Å². The molecule has 1 aliphatic rings. The van der Waals surface area contributed by atoms with Crippen LogP contribution in [0, 0.1) is 0 Å². The number of hydrogen-bond donors (Lipinski definition) is 3. The van der Waals surface area contributed by atoms with Crippen molar-refractivity contribution >= 4 is 27.3 Å². The molecule has 0 aromatic carbocycles. The maximum absolute atomic E-state index is 11.3. The topological polar surface area (TPSA) is 122 Å². The van der Waals surface area contributed by atoms with Crippen LogP contribution in [0.3, 0.4) is 0 Å². The number of sulfone groups is 1. The predicted octanol–water partition coefficient (Wildman–Crippen LogP) is 0.351. The number of carbonyl (C=O) groups is 1. The van der Waals surface area contributed by atoms with E-state index in [0.29, 0.717) is 18.7 Å². The number of nitrogens with zero attached hydrogens (tertiary/aromatic N) is 1. The summed E-state index contributed by atoms with van der Waals surface area (Å²) in [5, 5.41) is 12.0. The molecule has 2 rings (SSSR count). The van der Waals surface area contributed by atoms with Gasteiger partial charge in [0.1, 0.15) is 15.7 Å². The fourth-order valence-corrected chi connectivity index (χ4v) is 3.46. The maximum atomic E-state index is 11.3. The zero-order valence-corrected chi connectivity index (χ0v) is 11.0. The Kier molecular flexibility index (Phi) is 3.61. The van der Waals surface area contributed by atoms with Crippen LogP contribution in [0.5, 0.6) is 0 Å². The summed E-state index contributed by atoms with van der Waals surface area (Å²) in [6.07, 6.45) is 2.28. The quantitative estimate of drug-likeness (QED) is 0.732. The number of carboxylic acids is 1. The molecular weight excluding hydrogens is 270 g/mol. The fourth-order valence-electron chi connectivity index (χ4n) is 1.97. The third-order valence-corrected chi connectivity index (χ3v) is 4.79. The number of nitrogen functional groups attached to an aromatic ring is 1. The van der Waals surface area contributed by atoms with Gasteiger partial charge >= 0.3 is 5.97 Å². The lowest BCUT2D eigenvalue weighted by molar-refractivity contribution is 0.0698. The van der Waals surface area contributed by atoms with Gasteiger partial charge in [-0.2, -0.15) is 0 Å². The van der Waals surface area contributed by atoms with Gasteiger partial charge in [-0.25, -0.2) is 18.2 Å². The molecule has 0 aliphatic carbocycles. The third kappa shape index (κ3) is 3.34. The number of rotatable bonds is 3. The van der Waals surface area contributed by atoms with Crippen molar-refractivity contribution in [1.29, 1.82) is 0 Å². The first kappa shape index (κ1) is 13.6. The van der Waals surface area contributed by atoms with E-state index in [4.69, 9.17) is 10.8 Å². The Morgan fingerprint density at radius 2 is 2.05 bits per heavy atom. The maximum Gasteiger partial charge on any atom is 0.337 e. The number of nitrogens with two attached hydrogens (primary N) is 1. The minimum atomic E-state index is -2.91. The van der Waals surface area contributed by atoms with Crippen LogP contribution in [0.4, 0.5) is 11.5 Å². The number of hydrogen-bond acceptors (Lipinski definition) is 6. The molecule has 8 heteroatoms. The molecule has 1 fully saturated rings. The second-order valence-corrected chi connectivity index (χ2v) is 6.84. The van der Waals surface area contributed by atoms with Gasteiger partial charge in [-0.15, -0.1) is 0 Å². The van der Waals surface area contributed by atoms with E-state index in [9.17, 15) is 13.2 Å². The van der Waals surface area contributed by atoms with Crippen molar-refractivity contribution in [3.63, 3.8) is 0 Å². The number of aromatic carboxylic acids is 1. The number of anilines is 2. The summed E-state index contributed by atoms with van der Waals surface area (Å²) < 4.78 is 22.6. The smallest absolute Gasteiger partial charge is 0.337 e. The summed E-state index contributed by atoms with van der Waals surface area (Å²) in [6, 6.07) is 1.35. The molecule has 1 aromatic rings. The fraction of sp³-hybridized carbons (Fsp3) is 0.455. The van der Waals surface area contributed by atoms with E-state index in [-0.39, 0.29) is 28.8 Å². The van der Waals surface area contributed by atoms with E-state index in [1.54, 1.807) is 0 Å². The summed E-state index contributed by atoms with van der Waals surface area (Å²) in [6.45, 7) is 0. The number of aromatic nitrogens is 1. The zero-order valence-electron chi connectivity index (χ0n) is 10.2. The highest BCUT2D eigenvalue weighted by Crippen LogP contribution is 2.19. The van der Waals surface area contributed by atoms with Gasteiger partial charge in [0.25, 0.3) is 0 Å². The molecule has 2 heterocycles. The van der Waals surface area contributed by atoms with Crippen molar-refractivity contribution < 1.29 is 18.3 Å². The zero-order chi connectivity index (χ0) is 14.0. The molecule has 0 amide bonds. The lowest BCUT2D eigenvalue weighted by atomic mass is 10.1. The Labute approximate surface area is 110 Å². The molecule has 19 heavy (non-hydrogen) atoms. The average Bonchev–Trinajstić information content (AvgIpc) is 2.34. The van der Waals surface area contributed by atoms with Crippen LogP contribution in [0.2, 0.25) is 0 Å². The van der Waals surface area contributed by atoms with E-state index in [2.05, 4.69) is 10.3 Å². The van der Waals surface area contributed by atoms with E-state index in [1.165, 1.54) is 12.3 Å². The van der Waals surface area contributed by atoms with Gasteiger partial charge in [-0.05, 0) is 18.9 Å². The van der Waals surface area contributed by atoms with Crippen LogP contribution in [0.25, 0.3) is 0 Å². The molecule has 0 saturated carbocycles. The summed E-state index contributed by atoms with van der Waals surface area (Å²) in [5.74, 6) is -0.429. The Morgan fingerprint density at radius 3 is 2.63 bits per heavy atom. The lowest BCUT2D eigenvalue weighted by Gasteiger charge is -2.23. The van der Waals surface area contributed by atoms with Gasteiger partial charge in [-0.3, -0.25) is 0 Å². The first-order valence-electron chi connectivity index (χ1n) is 5.83. The van der Waals surface area contributed by atoms with E-state index in [0.717, 1.165) is 0 Å². The standard InChI is InChI=1S/C11H15N3O4S/c12-9-6-13-10(5-8(9)11(15)16)14-7-1-3-19(17,18)4-2-7/h5-7H,1-4,12H2,(H,13,14)(H,15,16). The van der Waals surface area contributed by atoms with Crippen LogP contribution in [-0.4, -0.2) is 42.0 Å². The Hall–Kier alpha value is -1.83. The van der Waals surface area contributed by atoms with E-state index >= 15 is 0 Å². The SMILES string of the molecule is Nc1cnc(NC2CCS(=O)(=O)CC2)cc1C(=O)O. The molecule has 0 radical (unpaired) electrons. The first-order valence-corrected chi connectivity index (χ1v) is 7.65. The van der Waals surface area contributed by atoms with Crippen molar-refractivity contribution in [3.8, 4) is 0 Å². The normalized spacial score (nSPS) is 18.9. The summed E-state index contributed by atoms with van der Waals surface area (Å²) in [5.41, 5.74) is 5.60. The molecular formula is C11H15N3O4S. The molecule has 7 nitrogen and oxygen atoms in total. The number of pyridine rings is 1. The Balaban J connectivity index is 2.08. The largest absolute Gasteiger partial charge is 0.478 e. The second-order valence-electron chi connectivity index (χ2n) is 4.53. The Bertz CT molecular complexity index is 586. The minimum Gasteiger partial charge on any atom is -0.478 e. The monoisotopic (exact) mass is 285 g/mol. The molecule has 1 aromatic heterocycles. The van der Waals surface area contributed by atoms with Gasteiger partial charge in [0.15, 0.2) is 0 Å². The van der Waals surface area contributed by atoms with Crippen LogP contribution in [0.1, 0.15) is 23.2 Å². The highest BCUT2D eigenvalue weighted by atomic mass is 32.2. The minimum absolute atomic E-state index is 0.0127. The molecule has 0 bridgehead atoms. The summed E-state index contributed by atoms with van der Waals surface area (Å²) in [4.78, 5) is 14.9. The lowest BCUT2D eigenvalue weighted by Crippen LogP contribution is -2.32. The molecule has 1 aliphatic heterocycles.